The summed E-state index contributed by atoms with van der Waals surface area (Å²) in [5, 5.41) is 8.01. The van der Waals surface area contributed by atoms with Crippen molar-refractivity contribution in [2.45, 2.75) is 51.4 Å². The lowest BCUT2D eigenvalue weighted by Crippen LogP contribution is -2.42. The smallest absolute Gasteiger partial charge is 0.274 e. The molecule has 27 heavy (non-hydrogen) atoms. The number of ether oxygens (including phenoxy) is 2. The Kier molecular flexibility index (Phi) is 5.10. The molecule has 144 valence electrons. The number of nitrogens with one attached hydrogen (secondary N) is 1. The number of halogens is 1. The highest BCUT2D eigenvalue weighted by Crippen LogP contribution is 2.31. The van der Waals surface area contributed by atoms with Gasteiger partial charge in [-0.05, 0) is 38.1 Å². The van der Waals surface area contributed by atoms with Gasteiger partial charge in [-0.25, -0.2) is 0 Å². The summed E-state index contributed by atoms with van der Waals surface area (Å²) in [6.07, 6.45) is 2.46. The van der Waals surface area contributed by atoms with Gasteiger partial charge < -0.3 is 14.4 Å². The van der Waals surface area contributed by atoms with Crippen molar-refractivity contribution in [2.24, 2.45) is 0 Å². The molecule has 0 radical (unpaired) electrons. The molecule has 0 spiro atoms. The second kappa shape index (κ2) is 7.52. The molecule has 7 heteroatoms. The molecule has 1 N–H and O–H groups in total. The third-order valence-electron chi connectivity index (χ3n) is 5.28. The van der Waals surface area contributed by atoms with Crippen molar-refractivity contribution in [3.8, 4) is 5.75 Å². The van der Waals surface area contributed by atoms with E-state index in [0.29, 0.717) is 30.2 Å². The molecule has 0 saturated carbocycles. The van der Waals surface area contributed by atoms with Crippen molar-refractivity contribution in [3.05, 3.63) is 46.2 Å². The van der Waals surface area contributed by atoms with E-state index in [0.717, 1.165) is 29.8 Å². The number of hydrogen-bond donors (Lipinski definition) is 1. The molecule has 3 heterocycles. The van der Waals surface area contributed by atoms with Gasteiger partial charge in [0.2, 0.25) is 0 Å². The number of aromatic amines is 1. The van der Waals surface area contributed by atoms with E-state index in [1.54, 1.807) is 0 Å². The van der Waals surface area contributed by atoms with Gasteiger partial charge in [0.25, 0.3) is 5.91 Å². The van der Waals surface area contributed by atoms with Crippen molar-refractivity contribution < 1.29 is 14.3 Å². The fourth-order valence-electron chi connectivity index (χ4n) is 3.88. The van der Waals surface area contributed by atoms with Crippen LogP contribution >= 0.6 is 11.6 Å². The first-order valence-electron chi connectivity index (χ1n) is 9.45. The number of carbonyl (C=O) groups excluding carboxylic acids is 1. The Morgan fingerprint density at radius 3 is 2.67 bits per heavy atom. The number of nitrogens with zero attached hydrogens (tertiary/aromatic N) is 2. The Labute approximate surface area is 163 Å². The molecule has 1 fully saturated rings. The van der Waals surface area contributed by atoms with Gasteiger partial charge in [0.05, 0.1) is 17.9 Å². The summed E-state index contributed by atoms with van der Waals surface area (Å²) in [5.41, 5.74) is 2.48. The number of aromatic nitrogens is 2. The topological polar surface area (TPSA) is 67.5 Å². The molecule has 2 atom stereocenters. The Hall–Kier alpha value is -2.05. The predicted molar refractivity (Wildman–Crippen MR) is 102 cm³/mol. The van der Waals surface area contributed by atoms with E-state index in [-0.39, 0.29) is 24.2 Å². The van der Waals surface area contributed by atoms with Gasteiger partial charge in [-0.2, -0.15) is 5.10 Å². The SMILES string of the molecule is C[C@@H]1Cc2c(C(=O)N3CCC(Oc4ccc(Cl)cc4)CC3)n[nH]c2[C@H](C)O1. The van der Waals surface area contributed by atoms with Crippen LogP contribution in [0.1, 0.15) is 54.5 Å². The van der Waals surface area contributed by atoms with Crippen LogP contribution in [0.4, 0.5) is 0 Å². The van der Waals surface area contributed by atoms with Crippen LogP contribution in [0.5, 0.6) is 5.75 Å². The second-order valence-electron chi connectivity index (χ2n) is 7.32. The lowest BCUT2D eigenvalue weighted by Gasteiger charge is -2.32. The summed E-state index contributed by atoms with van der Waals surface area (Å²) in [6, 6.07) is 7.39. The molecule has 0 unspecified atom stereocenters. The lowest BCUT2D eigenvalue weighted by molar-refractivity contribution is -0.00704. The Balaban J connectivity index is 1.39. The molecule has 1 amide bonds. The molecular formula is C20H24ClN3O3. The molecule has 1 aromatic heterocycles. The van der Waals surface area contributed by atoms with Gasteiger partial charge in [0.15, 0.2) is 5.69 Å². The van der Waals surface area contributed by atoms with Crippen molar-refractivity contribution in [1.29, 1.82) is 0 Å². The molecule has 2 aliphatic rings. The molecule has 4 rings (SSSR count). The van der Waals surface area contributed by atoms with Gasteiger partial charge >= 0.3 is 0 Å². The summed E-state index contributed by atoms with van der Waals surface area (Å²) >= 11 is 5.91. The number of likely N-dealkylation sites (tertiary alicyclic amines) is 1. The first-order valence-corrected chi connectivity index (χ1v) is 9.83. The van der Waals surface area contributed by atoms with E-state index in [1.165, 1.54) is 0 Å². The minimum atomic E-state index is -0.0590. The van der Waals surface area contributed by atoms with Crippen LogP contribution in [-0.4, -0.2) is 46.3 Å². The number of rotatable bonds is 3. The van der Waals surface area contributed by atoms with Crippen LogP contribution in [-0.2, 0) is 11.2 Å². The lowest BCUT2D eigenvalue weighted by atomic mass is 9.98. The van der Waals surface area contributed by atoms with Gasteiger partial charge in [-0.15, -0.1) is 0 Å². The van der Waals surface area contributed by atoms with E-state index >= 15 is 0 Å². The number of benzene rings is 1. The van der Waals surface area contributed by atoms with Crippen LogP contribution < -0.4 is 4.74 Å². The van der Waals surface area contributed by atoms with Gasteiger partial charge in [-0.3, -0.25) is 9.89 Å². The second-order valence-corrected chi connectivity index (χ2v) is 7.76. The van der Waals surface area contributed by atoms with Gasteiger partial charge in [0, 0.05) is 42.9 Å². The summed E-state index contributed by atoms with van der Waals surface area (Å²) in [7, 11) is 0. The first-order chi connectivity index (χ1) is 13.0. The van der Waals surface area contributed by atoms with Gasteiger partial charge in [0.1, 0.15) is 11.9 Å². The third kappa shape index (κ3) is 3.82. The fraction of sp³-hybridized carbons (Fsp3) is 0.500. The Morgan fingerprint density at radius 1 is 1.26 bits per heavy atom. The quantitative estimate of drug-likeness (QED) is 0.867. The number of fused-ring (bicyclic) bond motifs is 1. The minimum absolute atomic E-state index is 0.00116. The highest BCUT2D eigenvalue weighted by molar-refractivity contribution is 6.30. The normalized spacial score (nSPS) is 23.1. The van der Waals surface area contributed by atoms with Crippen LogP contribution in [0.2, 0.25) is 5.02 Å². The number of hydrogen-bond acceptors (Lipinski definition) is 4. The minimum Gasteiger partial charge on any atom is -0.490 e. The zero-order valence-corrected chi connectivity index (χ0v) is 16.3. The average Bonchev–Trinajstić information content (AvgIpc) is 3.08. The zero-order valence-electron chi connectivity index (χ0n) is 15.6. The summed E-state index contributed by atoms with van der Waals surface area (Å²) in [5.74, 6) is 0.812. The van der Waals surface area contributed by atoms with Crippen molar-refractivity contribution >= 4 is 17.5 Å². The van der Waals surface area contributed by atoms with Crippen LogP contribution in [0.3, 0.4) is 0 Å². The monoisotopic (exact) mass is 389 g/mol. The molecule has 0 bridgehead atoms. The number of carbonyl (C=O) groups is 1. The van der Waals surface area contributed by atoms with Crippen molar-refractivity contribution in [2.75, 3.05) is 13.1 Å². The van der Waals surface area contributed by atoms with E-state index in [2.05, 4.69) is 10.2 Å². The fourth-order valence-corrected chi connectivity index (χ4v) is 4.01. The van der Waals surface area contributed by atoms with E-state index in [1.807, 2.05) is 43.0 Å². The average molecular weight is 390 g/mol. The van der Waals surface area contributed by atoms with E-state index in [4.69, 9.17) is 21.1 Å². The molecule has 2 aromatic rings. The van der Waals surface area contributed by atoms with Crippen molar-refractivity contribution in [3.63, 3.8) is 0 Å². The van der Waals surface area contributed by atoms with Crippen LogP contribution in [0, 0.1) is 0 Å². The molecule has 1 saturated heterocycles. The number of H-pyrrole nitrogens is 1. The number of piperidine rings is 1. The maximum atomic E-state index is 13.0. The molecule has 1 aromatic carbocycles. The van der Waals surface area contributed by atoms with Crippen molar-refractivity contribution in [1.82, 2.24) is 15.1 Å². The summed E-state index contributed by atoms with van der Waals surface area (Å²) in [4.78, 5) is 14.9. The van der Waals surface area contributed by atoms with E-state index < -0.39 is 0 Å². The standard InChI is InChI=1S/C20H24ClN3O3/c1-12-11-17-18(13(2)26-12)22-23-19(17)20(25)24-9-7-16(8-10-24)27-15-5-3-14(21)4-6-15/h3-6,12-13,16H,7-11H2,1-2H3,(H,22,23)/t12-,13+/m1/s1. The highest BCUT2D eigenvalue weighted by atomic mass is 35.5. The maximum Gasteiger partial charge on any atom is 0.274 e. The summed E-state index contributed by atoms with van der Waals surface area (Å²) in [6.45, 7) is 5.35. The zero-order chi connectivity index (χ0) is 19.0. The Morgan fingerprint density at radius 2 is 1.96 bits per heavy atom. The Bertz CT molecular complexity index is 812. The van der Waals surface area contributed by atoms with Crippen LogP contribution in [0.25, 0.3) is 0 Å². The molecule has 2 aliphatic heterocycles. The molecular weight excluding hydrogens is 366 g/mol. The summed E-state index contributed by atoms with van der Waals surface area (Å²) < 4.78 is 11.8. The highest BCUT2D eigenvalue weighted by Gasteiger charge is 2.33. The molecule has 6 nitrogen and oxygen atoms in total. The third-order valence-corrected chi connectivity index (χ3v) is 5.53. The first kappa shape index (κ1) is 18.3. The van der Waals surface area contributed by atoms with Gasteiger partial charge in [-0.1, -0.05) is 11.6 Å². The van der Waals surface area contributed by atoms with E-state index in [9.17, 15) is 4.79 Å². The largest absolute Gasteiger partial charge is 0.490 e. The van der Waals surface area contributed by atoms with Crippen LogP contribution in [0.15, 0.2) is 24.3 Å². The molecule has 0 aliphatic carbocycles. The number of amides is 1. The maximum absolute atomic E-state index is 13.0. The predicted octanol–water partition coefficient (Wildman–Crippen LogP) is 3.77.